The van der Waals surface area contributed by atoms with Crippen LogP contribution in [0.2, 0.25) is 0 Å². The molecule has 118 valence electrons. The van der Waals surface area contributed by atoms with Gasteiger partial charge in [0.2, 0.25) is 0 Å². The quantitative estimate of drug-likeness (QED) is 0.857. The molecule has 0 unspecified atom stereocenters. The molecule has 2 heterocycles. The van der Waals surface area contributed by atoms with Gasteiger partial charge in [0.05, 0.1) is 0 Å². The summed E-state index contributed by atoms with van der Waals surface area (Å²) in [4.78, 5) is 17.2. The summed E-state index contributed by atoms with van der Waals surface area (Å²) in [6.45, 7) is 0.380. The predicted octanol–water partition coefficient (Wildman–Crippen LogP) is 3.40. The summed E-state index contributed by atoms with van der Waals surface area (Å²) >= 11 is 1.36. The number of amides is 1. The number of nitrogens with zero attached hydrogens (tertiary/aromatic N) is 1. The Hall–Kier alpha value is -2.32. The normalized spacial score (nSPS) is 15.8. The molecule has 2 aromatic heterocycles. The molecular formula is C18H18N2O2S. The highest BCUT2D eigenvalue weighted by Crippen LogP contribution is 2.31. The molecule has 0 saturated heterocycles. The first kappa shape index (κ1) is 15.6. The zero-order valence-electron chi connectivity index (χ0n) is 12.7. The number of pyridine rings is 1. The maximum Gasteiger partial charge on any atom is 0.266 e. The number of thiophene rings is 1. The second-order valence-electron chi connectivity index (χ2n) is 5.65. The number of rotatable bonds is 5. The second-order valence-corrected chi connectivity index (χ2v) is 6.57. The van der Waals surface area contributed by atoms with Crippen molar-refractivity contribution < 1.29 is 9.53 Å². The Morgan fingerprint density at radius 3 is 2.96 bits per heavy atom. The first-order chi connectivity index (χ1) is 11.2. The van der Waals surface area contributed by atoms with Crippen LogP contribution in [0.1, 0.15) is 40.9 Å². The maximum atomic E-state index is 12.6. The number of hydrogen-bond donors (Lipinski definition) is 1. The third-order valence-corrected chi connectivity index (χ3v) is 4.93. The Labute approximate surface area is 139 Å². The molecule has 1 N–H and O–H groups in total. The van der Waals surface area contributed by atoms with Crippen molar-refractivity contribution >= 4 is 17.2 Å². The van der Waals surface area contributed by atoms with Crippen LogP contribution >= 0.6 is 11.3 Å². The van der Waals surface area contributed by atoms with E-state index in [4.69, 9.17) is 11.2 Å². The van der Waals surface area contributed by atoms with Gasteiger partial charge in [-0.05, 0) is 43.2 Å². The zero-order valence-corrected chi connectivity index (χ0v) is 13.6. The van der Waals surface area contributed by atoms with Crippen molar-refractivity contribution in [3.8, 4) is 18.1 Å². The van der Waals surface area contributed by atoms with Gasteiger partial charge < -0.3 is 10.1 Å². The van der Waals surface area contributed by atoms with E-state index in [1.165, 1.54) is 11.3 Å². The fourth-order valence-corrected chi connectivity index (χ4v) is 3.51. The van der Waals surface area contributed by atoms with Crippen LogP contribution in [0.3, 0.4) is 0 Å². The van der Waals surface area contributed by atoms with Crippen molar-refractivity contribution in [1.29, 1.82) is 0 Å². The van der Waals surface area contributed by atoms with E-state index in [0.717, 1.165) is 31.2 Å². The number of hydrogen-bond acceptors (Lipinski definition) is 4. The van der Waals surface area contributed by atoms with Crippen LogP contribution in [0.15, 0.2) is 36.0 Å². The summed E-state index contributed by atoms with van der Waals surface area (Å²) in [5.41, 5.74) is 0.461. The van der Waals surface area contributed by atoms with Crippen LogP contribution in [-0.4, -0.2) is 16.4 Å². The first-order valence-electron chi connectivity index (χ1n) is 7.62. The van der Waals surface area contributed by atoms with Crippen molar-refractivity contribution in [2.24, 2.45) is 0 Å². The number of terminal acetylenes is 1. The largest absolute Gasteiger partial charge is 0.487 e. The van der Waals surface area contributed by atoms with E-state index < -0.39 is 5.54 Å². The average Bonchev–Trinajstić information content (AvgIpc) is 3.23. The lowest BCUT2D eigenvalue weighted by atomic mass is 9.99. The first-order valence-corrected chi connectivity index (χ1v) is 8.50. The van der Waals surface area contributed by atoms with Crippen LogP contribution in [0.25, 0.3) is 0 Å². The number of ether oxygens (including phenoxy) is 1. The van der Waals surface area contributed by atoms with Gasteiger partial charge in [0.25, 0.3) is 5.91 Å². The Kier molecular flexibility index (Phi) is 4.63. The molecule has 0 aromatic carbocycles. The van der Waals surface area contributed by atoms with Gasteiger partial charge in [0, 0.05) is 18.0 Å². The topological polar surface area (TPSA) is 51.2 Å². The molecule has 2 aromatic rings. The third-order valence-electron chi connectivity index (χ3n) is 4.04. The van der Waals surface area contributed by atoms with E-state index in [9.17, 15) is 4.79 Å². The summed E-state index contributed by atoms with van der Waals surface area (Å²) in [6, 6.07) is 5.61. The summed E-state index contributed by atoms with van der Waals surface area (Å²) in [6.07, 6.45) is 12.9. The summed E-state index contributed by atoms with van der Waals surface area (Å²) in [5, 5.41) is 4.88. The minimum atomic E-state index is -0.498. The van der Waals surface area contributed by atoms with Gasteiger partial charge in [-0.15, -0.1) is 17.8 Å². The van der Waals surface area contributed by atoms with Crippen molar-refractivity contribution in [3.05, 3.63) is 46.4 Å². The fourth-order valence-electron chi connectivity index (χ4n) is 2.78. The van der Waals surface area contributed by atoms with Crippen molar-refractivity contribution in [2.45, 2.75) is 37.8 Å². The lowest BCUT2D eigenvalue weighted by Gasteiger charge is -2.24. The van der Waals surface area contributed by atoms with Gasteiger partial charge in [-0.25, -0.2) is 0 Å². The predicted molar refractivity (Wildman–Crippen MR) is 90.4 cm³/mol. The van der Waals surface area contributed by atoms with Crippen LogP contribution in [0.5, 0.6) is 5.75 Å². The highest BCUT2D eigenvalue weighted by molar-refractivity contribution is 7.12. The van der Waals surface area contributed by atoms with Crippen LogP contribution in [0, 0.1) is 12.3 Å². The molecule has 1 amide bonds. The van der Waals surface area contributed by atoms with Gasteiger partial charge >= 0.3 is 0 Å². The molecule has 1 aliphatic rings. The lowest BCUT2D eigenvalue weighted by Crippen LogP contribution is -2.44. The smallest absolute Gasteiger partial charge is 0.266 e. The third kappa shape index (κ3) is 3.54. The molecule has 0 spiro atoms. The van der Waals surface area contributed by atoms with E-state index in [-0.39, 0.29) is 5.91 Å². The molecule has 0 atom stereocenters. The highest BCUT2D eigenvalue weighted by Gasteiger charge is 2.34. The number of aromatic nitrogens is 1. The summed E-state index contributed by atoms with van der Waals surface area (Å²) in [7, 11) is 0. The summed E-state index contributed by atoms with van der Waals surface area (Å²) < 4.78 is 5.77. The van der Waals surface area contributed by atoms with Crippen molar-refractivity contribution in [1.82, 2.24) is 10.3 Å². The standard InChI is InChI=1S/C18H18N2O2S/c1-2-18(8-3-4-9-18)20-17(21)16-15(7-11-23-16)22-13-14-6-5-10-19-12-14/h1,5-7,10-12H,3-4,8-9,13H2,(H,20,21). The lowest BCUT2D eigenvalue weighted by molar-refractivity contribution is 0.0921. The summed E-state index contributed by atoms with van der Waals surface area (Å²) in [5.74, 6) is 3.20. The molecule has 3 rings (SSSR count). The molecule has 1 saturated carbocycles. The average molecular weight is 326 g/mol. The van der Waals surface area contributed by atoms with E-state index in [0.29, 0.717) is 17.2 Å². The van der Waals surface area contributed by atoms with Crippen LogP contribution in [-0.2, 0) is 6.61 Å². The molecule has 0 radical (unpaired) electrons. The van der Waals surface area contributed by atoms with E-state index in [2.05, 4.69) is 16.2 Å². The van der Waals surface area contributed by atoms with Gasteiger partial charge in [0.15, 0.2) is 0 Å². The molecule has 5 heteroatoms. The van der Waals surface area contributed by atoms with E-state index in [1.54, 1.807) is 12.4 Å². The Bertz CT molecular complexity index is 712. The zero-order chi connectivity index (χ0) is 16.1. The Morgan fingerprint density at radius 2 is 2.26 bits per heavy atom. The van der Waals surface area contributed by atoms with Crippen molar-refractivity contribution in [2.75, 3.05) is 0 Å². The number of carbonyl (C=O) groups is 1. The second kappa shape index (κ2) is 6.84. The van der Waals surface area contributed by atoms with Gasteiger partial charge in [-0.3, -0.25) is 9.78 Å². The number of carbonyl (C=O) groups excluding carboxylic acids is 1. The molecule has 0 aliphatic heterocycles. The Morgan fingerprint density at radius 1 is 1.43 bits per heavy atom. The van der Waals surface area contributed by atoms with E-state index in [1.807, 2.05) is 23.6 Å². The SMILES string of the molecule is C#CC1(NC(=O)c2sccc2OCc2cccnc2)CCCC1. The molecule has 4 nitrogen and oxygen atoms in total. The van der Waals surface area contributed by atoms with Gasteiger partial charge in [-0.2, -0.15) is 0 Å². The molecule has 1 fully saturated rings. The Balaban J connectivity index is 1.68. The van der Waals surface area contributed by atoms with E-state index >= 15 is 0 Å². The van der Waals surface area contributed by atoms with Crippen LogP contribution in [0.4, 0.5) is 0 Å². The monoisotopic (exact) mass is 326 g/mol. The maximum absolute atomic E-state index is 12.6. The van der Waals surface area contributed by atoms with Crippen molar-refractivity contribution in [3.63, 3.8) is 0 Å². The molecular weight excluding hydrogens is 308 g/mol. The minimum Gasteiger partial charge on any atom is -0.487 e. The molecule has 23 heavy (non-hydrogen) atoms. The molecule has 1 aliphatic carbocycles. The number of nitrogens with one attached hydrogen (secondary N) is 1. The fraction of sp³-hybridized carbons (Fsp3) is 0.333. The van der Waals surface area contributed by atoms with Crippen LogP contribution < -0.4 is 10.1 Å². The van der Waals surface area contributed by atoms with Gasteiger partial charge in [0.1, 0.15) is 22.8 Å². The molecule has 0 bridgehead atoms. The van der Waals surface area contributed by atoms with Gasteiger partial charge in [-0.1, -0.05) is 12.0 Å². The minimum absolute atomic E-state index is 0.152. The highest BCUT2D eigenvalue weighted by atomic mass is 32.1.